The lowest BCUT2D eigenvalue weighted by molar-refractivity contribution is -0.139. The SMILES string of the molecule is COc1ccc(S(=O)(=O)N(CC(=O)N(Cc2ccccc2Cl)[C@@H](C)C(=O)NC(C)C)c2ccc(Cl)cc2)cc1OC. The Kier molecular flexibility index (Phi) is 10.9. The first-order valence-corrected chi connectivity index (χ1v) is 14.9. The fraction of sp³-hybridized carbons (Fsp3) is 0.310. The Balaban J connectivity index is 2.08. The third kappa shape index (κ3) is 7.84. The van der Waals surface area contributed by atoms with Crippen molar-refractivity contribution in [2.75, 3.05) is 25.1 Å². The molecule has 0 fully saturated rings. The summed E-state index contributed by atoms with van der Waals surface area (Å²) >= 11 is 12.5. The van der Waals surface area contributed by atoms with Gasteiger partial charge in [-0.05, 0) is 68.8 Å². The summed E-state index contributed by atoms with van der Waals surface area (Å²) in [6.07, 6.45) is 0. The highest BCUT2D eigenvalue weighted by Crippen LogP contribution is 2.33. The molecule has 2 amide bonds. The molecule has 0 radical (unpaired) electrons. The number of sulfonamides is 1. The quantitative estimate of drug-likeness (QED) is 0.300. The molecule has 12 heteroatoms. The van der Waals surface area contributed by atoms with E-state index in [2.05, 4.69) is 5.32 Å². The van der Waals surface area contributed by atoms with Gasteiger partial charge in [0.1, 0.15) is 12.6 Å². The first-order valence-electron chi connectivity index (χ1n) is 12.7. The normalized spacial score (nSPS) is 12.0. The number of carbonyl (C=O) groups excluding carboxylic acids is 2. The molecular formula is C29H33Cl2N3O6S. The van der Waals surface area contributed by atoms with Crippen molar-refractivity contribution in [1.29, 1.82) is 0 Å². The lowest BCUT2D eigenvalue weighted by Gasteiger charge is -2.32. The van der Waals surface area contributed by atoms with Gasteiger partial charge in [0.15, 0.2) is 11.5 Å². The number of halogens is 2. The van der Waals surface area contributed by atoms with Crippen molar-refractivity contribution in [1.82, 2.24) is 10.2 Å². The number of hydrogen-bond donors (Lipinski definition) is 1. The number of nitrogens with one attached hydrogen (secondary N) is 1. The van der Waals surface area contributed by atoms with Crippen LogP contribution < -0.4 is 19.1 Å². The number of amides is 2. The van der Waals surface area contributed by atoms with Crippen LogP contribution in [0.15, 0.2) is 71.6 Å². The van der Waals surface area contributed by atoms with Crippen LogP contribution in [-0.4, -0.2) is 58.0 Å². The second-order valence-corrected chi connectivity index (χ2v) is 12.2. The average Bonchev–Trinajstić information content (AvgIpc) is 2.94. The largest absolute Gasteiger partial charge is 0.493 e. The minimum Gasteiger partial charge on any atom is -0.493 e. The molecule has 220 valence electrons. The number of nitrogens with zero attached hydrogens (tertiary/aromatic N) is 2. The Morgan fingerprint density at radius 2 is 1.54 bits per heavy atom. The average molecular weight is 623 g/mol. The Labute approximate surface area is 251 Å². The van der Waals surface area contributed by atoms with Crippen LogP contribution in [-0.2, 0) is 26.2 Å². The highest BCUT2D eigenvalue weighted by molar-refractivity contribution is 7.92. The summed E-state index contributed by atoms with van der Waals surface area (Å²) in [7, 11) is -1.49. The molecule has 0 saturated carbocycles. The third-order valence-corrected chi connectivity index (χ3v) is 8.62. The molecule has 41 heavy (non-hydrogen) atoms. The van der Waals surface area contributed by atoms with Gasteiger partial charge in [-0.15, -0.1) is 0 Å². The zero-order chi connectivity index (χ0) is 30.3. The van der Waals surface area contributed by atoms with Crippen molar-refractivity contribution in [3.8, 4) is 11.5 Å². The number of anilines is 1. The Morgan fingerprint density at radius 3 is 2.12 bits per heavy atom. The highest BCUT2D eigenvalue weighted by atomic mass is 35.5. The third-order valence-electron chi connectivity index (χ3n) is 6.23. The van der Waals surface area contributed by atoms with Crippen molar-refractivity contribution < 1.29 is 27.5 Å². The van der Waals surface area contributed by atoms with E-state index in [4.69, 9.17) is 32.7 Å². The minimum absolute atomic E-state index is 0.0178. The summed E-state index contributed by atoms with van der Waals surface area (Å²) in [5.74, 6) is -0.455. The van der Waals surface area contributed by atoms with Crippen LogP contribution in [0, 0.1) is 0 Å². The van der Waals surface area contributed by atoms with Crippen molar-refractivity contribution in [3.05, 3.63) is 82.3 Å². The van der Waals surface area contributed by atoms with Gasteiger partial charge in [0, 0.05) is 28.7 Å². The second-order valence-electron chi connectivity index (χ2n) is 9.46. The highest BCUT2D eigenvalue weighted by Gasteiger charge is 2.33. The van der Waals surface area contributed by atoms with Crippen LogP contribution in [0.4, 0.5) is 5.69 Å². The number of hydrogen-bond acceptors (Lipinski definition) is 6. The molecule has 0 heterocycles. The molecule has 0 aliphatic rings. The van der Waals surface area contributed by atoms with Crippen molar-refractivity contribution in [2.45, 2.75) is 44.3 Å². The predicted octanol–water partition coefficient (Wildman–Crippen LogP) is 5.15. The van der Waals surface area contributed by atoms with E-state index in [1.54, 1.807) is 31.2 Å². The molecule has 0 spiro atoms. The van der Waals surface area contributed by atoms with Crippen LogP contribution in [0.3, 0.4) is 0 Å². The van der Waals surface area contributed by atoms with Gasteiger partial charge < -0.3 is 19.7 Å². The maximum absolute atomic E-state index is 14.0. The van der Waals surface area contributed by atoms with Gasteiger partial charge >= 0.3 is 0 Å². The fourth-order valence-electron chi connectivity index (χ4n) is 4.04. The molecule has 0 aromatic heterocycles. The second kappa shape index (κ2) is 13.9. The van der Waals surface area contributed by atoms with Gasteiger partial charge in [0.05, 0.1) is 24.8 Å². The van der Waals surface area contributed by atoms with Gasteiger partial charge in [0.2, 0.25) is 11.8 Å². The Morgan fingerprint density at radius 1 is 0.902 bits per heavy atom. The Bertz CT molecular complexity index is 1480. The van der Waals surface area contributed by atoms with Gasteiger partial charge in [-0.1, -0.05) is 41.4 Å². The predicted molar refractivity (Wildman–Crippen MR) is 160 cm³/mol. The molecule has 0 saturated heterocycles. The van der Waals surface area contributed by atoms with E-state index >= 15 is 0 Å². The lowest BCUT2D eigenvalue weighted by Crippen LogP contribution is -2.52. The zero-order valence-electron chi connectivity index (χ0n) is 23.4. The standard InChI is InChI=1S/C29H33Cl2N3O6S/c1-19(2)32-29(36)20(3)33(17-21-8-6-7-9-25(21)31)28(35)18-34(23-12-10-22(30)11-13-23)41(37,38)24-14-15-26(39-4)27(16-24)40-5/h6-16,19-20H,17-18H2,1-5H3,(H,32,36)/t20-/m0/s1. The lowest BCUT2D eigenvalue weighted by atomic mass is 10.1. The first-order chi connectivity index (χ1) is 19.4. The molecule has 3 aromatic rings. The van der Waals surface area contributed by atoms with Crippen molar-refractivity contribution in [2.24, 2.45) is 0 Å². The van der Waals surface area contributed by atoms with Gasteiger partial charge in [-0.2, -0.15) is 0 Å². The van der Waals surface area contributed by atoms with E-state index in [0.717, 1.165) is 4.31 Å². The molecule has 3 aromatic carbocycles. The van der Waals surface area contributed by atoms with Crippen LogP contribution in [0.1, 0.15) is 26.3 Å². The molecule has 0 bridgehead atoms. The molecular weight excluding hydrogens is 589 g/mol. The molecule has 0 aliphatic heterocycles. The van der Waals surface area contributed by atoms with E-state index in [-0.39, 0.29) is 34.8 Å². The summed E-state index contributed by atoms with van der Waals surface area (Å²) in [4.78, 5) is 28.2. The van der Waals surface area contributed by atoms with Crippen LogP contribution >= 0.6 is 23.2 Å². The number of rotatable bonds is 12. The first kappa shape index (κ1) is 32.0. The summed E-state index contributed by atoms with van der Waals surface area (Å²) in [6.45, 7) is 4.58. The monoisotopic (exact) mass is 621 g/mol. The van der Waals surface area contributed by atoms with Crippen LogP contribution in [0.25, 0.3) is 0 Å². The van der Waals surface area contributed by atoms with Gasteiger partial charge in [-0.25, -0.2) is 8.42 Å². The number of methoxy groups -OCH3 is 2. The van der Waals surface area contributed by atoms with Crippen LogP contribution in [0.5, 0.6) is 11.5 Å². The van der Waals surface area contributed by atoms with E-state index < -0.39 is 28.5 Å². The maximum atomic E-state index is 14.0. The molecule has 3 rings (SSSR count). The zero-order valence-corrected chi connectivity index (χ0v) is 25.8. The molecule has 0 unspecified atom stereocenters. The summed E-state index contributed by atoms with van der Waals surface area (Å²) in [5.41, 5.74) is 0.807. The smallest absolute Gasteiger partial charge is 0.264 e. The van der Waals surface area contributed by atoms with Gasteiger partial charge in [-0.3, -0.25) is 13.9 Å². The number of carbonyl (C=O) groups is 2. The van der Waals surface area contributed by atoms with E-state index in [1.807, 2.05) is 13.8 Å². The minimum atomic E-state index is -4.32. The maximum Gasteiger partial charge on any atom is 0.264 e. The van der Waals surface area contributed by atoms with E-state index in [1.165, 1.54) is 61.6 Å². The van der Waals surface area contributed by atoms with E-state index in [0.29, 0.717) is 21.4 Å². The number of benzene rings is 3. The van der Waals surface area contributed by atoms with Gasteiger partial charge in [0.25, 0.3) is 10.0 Å². The molecule has 9 nitrogen and oxygen atoms in total. The summed E-state index contributed by atoms with van der Waals surface area (Å²) in [6, 6.07) is 16.1. The summed E-state index contributed by atoms with van der Waals surface area (Å²) in [5, 5.41) is 3.61. The fourth-order valence-corrected chi connectivity index (χ4v) is 5.79. The van der Waals surface area contributed by atoms with Crippen molar-refractivity contribution in [3.63, 3.8) is 0 Å². The Hall–Kier alpha value is -3.47. The van der Waals surface area contributed by atoms with Crippen molar-refractivity contribution >= 4 is 50.7 Å². The molecule has 1 N–H and O–H groups in total. The topological polar surface area (TPSA) is 105 Å². The summed E-state index contributed by atoms with van der Waals surface area (Å²) < 4.78 is 39.6. The van der Waals surface area contributed by atoms with E-state index in [9.17, 15) is 18.0 Å². The molecule has 1 atom stereocenters. The molecule has 0 aliphatic carbocycles. The number of ether oxygens (including phenoxy) is 2. The van der Waals surface area contributed by atoms with Crippen LogP contribution in [0.2, 0.25) is 10.0 Å².